The molecule has 2 aromatic carbocycles. The Morgan fingerprint density at radius 1 is 1.26 bits per heavy atom. The van der Waals surface area contributed by atoms with E-state index in [1.165, 1.54) is 24.3 Å². The summed E-state index contributed by atoms with van der Waals surface area (Å²) in [5.41, 5.74) is 6.92. The summed E-state index contributed by atoms with van der Waals surface area (Å²) in [6, 6.07) is 8.68. The molecular formula is C13H10BrFN2O2. The van der Waals surface area contributed by atoms with Crippen LogP contribution >= 0.6 is 15.9 Å². The van der Waals surface area contributed by atoms with Crippen LogP contribution in [0.25, 0.3) is 0 Å². The zero-order valence-corrected chi connectivity index (χ0v) is 11.2. The highest BCUT2D eigenvalue weighted by Crippen LogP contribution is 2.28. The average molecular weight is 325 g/mol. The standard InChI is InChI=1S/C13H10BrFN2O2/c14-10-4-1-7(15)5-12(10)17-8-2-3-9(13(18)19)11(16)6-8/h1-6,17H,16H2,(H,18,19). The van der Waals surface area contributed by atoms with E-state index in [0.717, 1.165) is 0 Å². The number of anilines is 3. The molecule has 0 aliphatic heterocycles. The predicted octanol–water partition coefficient (Wildman–Crippen LogP) is 3.61. The Labute approximate surface area is 117 Å². The Morgan fingerprint density at radius 2 is 2.00 bits per heavy atom. The van der Waals surface area contributed by atoms with Crippen molar-refractivity contribution in [3.05, 3.63) is 52.3 Å². The normalized spacial score (nSPS) is 10.2. The summed E-state index contributed by atoms with van der Waals surface area (Å²) in [5, 5.41) is 11.8. The van der Waals surface area contributed by atoms with Gasteiger partial charge in [0.25, 0.3) is 0 Å². The summed E-state index contributed by atoms with van der Waals surface area (Å²) >= 11 is 3.29. The van der Waals surface area contributed by atoms with Gasteiger partial charge >= 0.3 is 5.97 Å². The van der Waals surface area contributed by atoms with Gasteiger partial charge in [0.2, 0.25) is 0 Å². The maximum absolute atomic E-state index is 13.1. The first-order valence-corrected chi connectivity index (χ1v) is 6.11. The van der Waals surface area contributed by atoms with Crippen LogP contribution in [0.5, 0.6) is 0 Å². The van der Waals surface area contributed by atoms with E-state index in [9.17, 15) is 9.18 Å². The third-order valence-corrected chi connectivity index (χ3v) is 3.18. The van der Waals surface area contributed by atoms with Crippen molar-refractivity contribution >= 4 is 39.0 Å². The van der Waals surface area contributed by atoms with Crippen LogP contribution in [0.1, 0.15) is 10.4 Å². The number of halogens is 2. The van der Waals surface area contributed by atoms with E-state index >= 15 is 0 Å². The molecule has 0 atom stereocenters. The van der Waals surface area contributed by atoms with Gasteiger partial charge in [-0.3, -0.25) is 0 Å². The zero-order valence-electron chi connectivity index (χ0n) is 9.65. The lowest BCUT2D eigenvalue weighted by Gasteiger charge is -2.10. The number of rotatable bonds is 3. The maximum atomic E-state index is 13.1. The van der Waals surface area contributed by atoms with Crippen LogP contribution in [0.15, 0.2) is 40.9 Å². The van der Waals surface area contributed by atoms with E-state index in [0.29, 0.717) is 15.8 Å². The molecule has 2 aromatic rings. The third-order valence-electron chi connectivity index (χ3n) is 2.49. The molecule has 4 N–H and O–H groups in total. The Balaban J connectivity index is 2.31. The first-order chi connectivity index (χ1) is 8.97. The Bertz CT molecular complexity index is 647. The molecule has 4 nitrogen and oxygen atoms in total. The van der Waals surface area contributed by atoms with Gasteiger partial charge in [-0.2, -0.15) is 0 Å². The molecule has 0 saturated carbocycles. The van der Waals surface area contributed by atoms with Gasteiger partial charge in [-0.25, -0.2) is 9.18 Å². The molecule has 0 saturated heterocycles. The van der Waals surface area contributed by atoms with Crippen molar-refractivity contribution in [2.24, 2.45) is 0 Å². The smallest absolute Gasteiger partial charge is 0.337 e. The van der Waals surface area contributed by atoms with E-state index in [1.54, 1.807) is 12.1 Å². The summed E-state index contributed by atoms with van der Waals surface area (Å²) in [4.78, 5) is 10.8. The molecule has 0 spiro atoms. The van der Waals surface area contributed by atoms with Crippen LogP contribution in [-0.2, 0) is 0 Å². The molecule has 0 aliphatic carbocycles. The monoisotopic (exact) mass is 324 g/mol. The summed E-state index contributed by atoms with van der Waals surface area (Å²) in [5.74, 6) is -1.46. The zero-order chi connectivity index (χ0) is 14.0. The van der Waals surface area contributed by atoms with Crippen LogP contribution in [0, 0.1) is 5.82 Å². The van der Waals surface area contributed by atoms with Crippen molar-refractivity contribution in [2.75, 3.05) is 11.1 Å². The van der Waals surface area contributed by atoms with Crippen LogP contribution < -0.4 is 11.1 Å². The number of hydrogen-bond acceptors (Lipinski definition) is 3. The van der Waals surface area contributed by atoms with Crippen LogP contribution in [-0.4, -0.2) is 11.1 Å². The molecule has 0 amide bonds. The molecule has 19 heavy (non-hydrogen) atoms. The summed E-state index contributed by atoms with van der Waals surface area (Å²) < 4.78 is 13.8. The van der Waals surface area contributed by atoms with Gasteiger partial charge < -0.3 is 16.2 Å². The minimum Gasteiger partial charge on any atom is -0.478 e. The van der Waals surface area contributed by atoms with Gasteiger partial charge in [-0.1, -0.05) is 0 Å². The number of nitrogen functional groups attached to an aromatic ring is 1. The van der Waals surface area contributed by atoms with Crippen molar-refractivity contribution in [2.45, 2.75) is 0 Å². The number of nitrogens with two attached hydrogens (primary N) is 1. The van der Waals surface area contributed by atoms with Gasteiger partial charge in [-0.05, 0) is 52.3 Å². The van der Waals surface area contributed by atoms with Crippen molar-refractivity contribution < 1.29 is 14.3 Å². The van der Waals surface area contributed by atoms with Gasteiger partial charge in [0.05, 0.1) is 11.3 Å². The fourth-order valence-corrected chi connectivity index (χ4v) is 1.93. The number of aromatic carboxylic acids is 1. The van der Waals surface area contributed by atoms with Crippen LogP contribution in [0.2, 0.25) is 0 Å². The molecule has 0 aliphatic rings. The largest absolute Gasteiger partial charge is 0.478 e. The minimum absolute atomic E-state index is 0.0313. The number of carboxylic acids is 1. The fraction of sp³-hybridized carbons (Fsp3) is 0. The molecular weight excluding hydrogens is 315 g/mol. The quantitative estimate of drug-likeness (QED) is 0.754. The second-order valence-electron chi connectivity index (χ2n) is 3.86. The lowest BCUT2D eigenvalue weighted by atomic mass is 10.1. The topological polar surface area (TPSA) is 75.3 Å². The number of hydrogen-bond donors (Lipinski definition) is 3. The molecule has 2 rings (SSSR count). The first kappa shape index (κ1) is 13.4. The lowest BCUT2D eigenvalue weighted by Crippen LogP contribution is -2.03. The maximum Gasteiger partial charge on any atom is 0.337 e. The van der Waals surface area contributed by atoms with Crippen LogP contribution in [0.4, 0.5) is 21.5 Å². The molecule has 98 valence electrons. The Morgan fingerprint density at radius 3 is 2.63 bits per heavy atom. The van der Waals surface area contributed by atoms with Gasteiger partial charge in [0, 0.05) is 15.8 Å². The van der Waals surface area contributed by atoms with Crippen molar-refractivity contribution in [3.8, 4) is 0 Å². The highest BCUT2D eigenvalue weighted by atomic mass is 79.9. The van der Waals surface area contributed by atoms with Gasteiger partial charge in [0.15, 0.2) is 0 Å². The van der Waals surface area contributed by atoms with Gasteiger partial charge in [0.1, 0.15) is 5.82 Å². The minimum atomic E-state index is -1.09. The number of nitrogens with one attached hydrogen (secondary N) is 1. The Kier molecular flexibility index (Phi) is 3.71. The molecule has 0 aromatic heterocycles. The van der Waals surface area contributed by atoms with Gasteiger partial charge in [-0.15, -0.1) is 0 Å². The molecule has 6 heteroatoms. The molecule has 0 unspecified atom stereocenters. The van der Waals surface area contributed by atoms with E-state index in [1.807, 2.05) is 0 Å². The number of carbonyl (C=O) groups is 1. The number of benzene rings is 2. The van der Waals surface area contributed by atoms with E-state index in [4.69, 9.17) is 10.8 Å². The van der Waals surface area contributed by atoms with Crippen molar-refractivity contribution in [1.82, 2.24) is 0 Å². The molecule has 0 fully saturated rings. The summed E-state index contributed by atoms with van der Waals surface area (Å²) in [6.45, 7) is 0. The second-order valence-corrected chi connectivity index (χ2v) is 4.71. The highest BCUT2D eigenvalue weighted by molar-refractivity contribution is 9.10. The summed E-state index contributed by atoms with van der Waals surface area (Å²) in [6.07, 6.45) is 0. The predicted molar refractivity (Wildman–Crippen MR) is 75.2 cm³/mol. The van der Waals surface area contributed by atoms with Crippen LogP contribution in [0.3, 0.4) is 0 Å². The third kappa shape index (κ3) is 3.03. The first-order valence-electron chi connectivity index (χ1n) is 5.32. The molecule has 0 heterocycles. The van der Waals surface area contributed by atoms with Crippen molar-refractivity contribution in [1.29, 1.82) is 0 Å². The number of carboxylic acid groups (broad SMARTS) is 1. The second kappa shape index (κ2) is 5.27. The molecule has 0 bridgehead atoms. The molecule has 0 radical (unpaired) electrons. The lowest BCUT2D eigenvalue weighted by molar-refractivity contribution is 0.0698. The van der Waals surface area contributed by atoms with E-state index < -0.39 is 5.97 Å². The van der Waals surface area contributed by atoms with E-state index in [-0.39, 0.29) is 17.1 Å². The van der Waals surface area contributed by atoms with Crippen molar-refractivity contribution in [3.63, 3.8) is 0 Å². The fourth-order valence-electron chi connectivity index (χ4n) is 1.58. The Hall–Kier alpha value is -2.08. The highest BCUT2D eigenvalue weighted by Gasteiger charge is 2.09. The van der Waals surface area contributed by atoms with E-state index in [2.05, 4.69) is 21.2 Å². The summed E-state index contributed by atoms with van der Waals surface area (Å²) in [7, 11) is 0. The SMILES string of the molecule is Nc1cc(Nc2cc(F)ccc2Br)ccc1C(=O)O. The average Bonchev–Trinajstić information content (AvgIpc) is 2.33.